The molecule has 0 saturated heterocycles. The fourth-order valence-corrected chi connectivity index (χ4v) is 1.87. The molecular formula is C12H17N3. The van der Waals surface area contributed by atoms with Crippen molar-refractivity contribution in [1.82, 2.24) is 15.6 Å². The van der Waals surface area contributed by atoms with Crippen molar-refractivity contribution < 1.29 is 0 Å². The van der Waals surface area contributed by atoms with E-state index in [1.165, 1.54) is 16.5 Å². The molecule has 0 fully saturated rings. The van der Waals surface area contributed by atoms with Gasteiger partial charge in [0.05, 0.1) is 6.17 Å². The minimum absolute atomic E-state index is 0.323. The molecule has 1 aromatic heterocycles. The summed E-state index contributed by atoms with van der Waals surface area (Å²) in [6.07, 6.45) is 3.40. The number of nitrogens with one attached hydrogen (secondary N) is 3. The largest absolute Gasteiger partial charge is 0.361 e. The lowest BCUT2D eigenvalue weighted by atomic mass is 10.1. The van der Waals surface area contributed by atoms with Gasteiger partial charge in [0, 0.05) is 23.5 Å². The van der Waals surface area contributed by atoms with Crippen LogP contribution in [0.5, 0.6) is 0 Å². The second-order valence-corrected chi connectivity index (χ2v) is 3.69. The van der Waals surface area contributed by atoms with Crippen LogP contribution >= 0.6 is 0 Å². The van der Waals surface area contributed by atoms with Crippen molar-refractivity contribution in [1.29, 1.82) is 0 Å². The number of benzene rings is 1. The highest BCUT2D eigenvalue weighted by atomic mass is 15.1. The molecule has 0 aliphatic rings. The first-order chi connectivity index (χ1) is 7.35. The van der Waals surface area contributed by atoms with Gasteiger partial charge in [0.15, 0.2) is 0 Å². The Bertz CT molecular complexity index is 429. The molecule has 3 N–H and O–H groups in total. The van der Waals surface area contributed by atoms with Gasteiger partial charge in [-0.3, -0.25) is 0 Å². The van der Waals surface area contributed by atoms with Gasteiger partial charge in [-0.1, -0.05) is 18.2 Å². The molecule has 15 heavy (non-hydrogen) atoms. The van der Waals surface area contributed by atoms with E-state index >= 15 is 0 Å². The number of rotatable bonds is 4. The van der Waals surface area contributed by atoms with Gasteiger partial charge in [-0.15, -0.1) is 0 Å². The van der Waals surface area contributed by atoms with Crippen molar-refractivity contribution in [3.8, 4) is 0 Å². The number of hydrogen-bond acceptors (Lipinski definition) is 2. The minimum Gasteiger partial charge on any atom is -0.361 e. The van der Waals surface area contributed by atoms with Crippen LogP contribution in [0.2, 0.25) is 0 Å². The highest BCUT2D eigenvalue weighted by Gasteiger charge is 2.07. The topological polar surface area (TPSA) is 39.9 Å². The summed E-state index contributed by atoms with van der Waals surface area (Å²) in [5.74, 6) is 0. The highest BCUT2D eigenvalue weighted by Crippen LogP contribution is 2.18. The number of aromatic nitrogens is 1. The third kappa shape index (κ3) is 2.03. The SMILES string of the molecule is CNC(Cc1c[nH]c2ccccc12)NC. The zero-order chi connectivity index (χ0) is 10.7. The fourth-order valence-electron chi connectivity index (χ4n) is 1.87. The molecule has 0 bridgehead atoms. The lowest BCUT2D eigenvalue weighted by molar-refractivity contribution is 0.494. The third-order valence-electron chi connectivity index (χ3n) is 2.80. The maximum absolute atomic E-state index is 3.29. The first kappa shape index (κ1) is 10.2. The first-order valence-electron chi connectivity index (χ1n) is 5.24. The molecular weight excluding hydrogens is 186 g/mol. The van der Waals surface area contributed by atoms with E-state index in [2.05, 4.69) is 46.1 Å². The van der Waals surface area contributed by atoms with Gasteiger partial charge in [0.1, 0.15) is 0 Å². The van der Waals surface area contributed by atoms with Crippen LogP contribution in [0.15, 0.2) is 30.5 Å². The number of H-pyrrole nitrogens is 1. The summed E-state index contributed by atoms with van der Waals surface area (Å²) >= 11 is 0. The summed E-state index contributed by atoms with van der Waals surface area (Å²) in [6, 6.07) is 8.39. The van der Waals surface area contributed by atoms with Gasteiger partial charge < -0.3 is 15.6 Å². The van der Waals surface area contributed by atoms with Crippen LogP contribution in [-0.4, -0.2) is 25.2 Å². The molecule has 1 heterocycles. The molecule has 80 valence electrons. The fraction of sp³-hybridized carbons (Fsp3) is 0.333. The molecule has 0 aliphatic heterocycles. The van der Waals surface area contributed by atoms with Crippen molar-refractivity contribution in [3.63, 3.8) is 0 Å². The zero-order valence-corrected chi connectivity index (χ0v) is 9.17. The second kappa shape index (κ2) is 4.47. The number of likely N-dealkylation sites (N-methyl/N-ethyl adjacent to an activating group) is 2. The quantitative estimate of drug-likeness (QED) is 0.659. The van der Waals surface area contributed by atoms with E-state index in [1.54, 1.807) is 0 Å². The average Bonchev–Trinajstić information content (AvgIpc) is 2.69. The van der Waals surface area contributed by atoms with Crippen LogP contribution in [0.3, 0.4) is 0 Å². The van der Waals surface area contributed by atoms with Crippen molar-refractivity contribution in [3.05, 3.63) is 36.0 Å². The Labute approximate surface area is 89.9 Å². The number of hydrogen-bond donors (Lipinski definition) is 3. The van der Waals surface area contributed by atoms with E-state index in [-0.39, 0.29) is 0 Å². The van der Waals surface area contributed by atoms with Gasteiger partial charge in [-0.05, 0) is 25.7 Å². The normalized spacial score (nSPS) is 11.4. The van der Waals surface area contributed by atoms with Crippen LogP contribution in [0, 0.1) is 0 Å². The summed E-state index contributed by atoms with van der Waals surface area (Å²) in [5, 5.41) is 7.77. The van der Waals surface area contributed by atoms with Gasteiger partial charge in [0.25, 0.3) is 0 Å². The van der Waals surface area contributed by atoms with Crippen molar-refractivity contribution >= 4 is 10.9 Å². The maximum Gasteiger partial charge on any atom is 0.0608 e. The molecule has 0 radical (unpaired) electrons. The van der Waals surface area contributed by atoms with E-state index in [0.29, 0.717) is 6.17 Å². The van der Waals surface area contributed by atoms with Crippen LogP contribution < -0.4 is 10.6 Å². The predicted molar refractivity (Wildman–Crippen MR) is 63.9 cm³/mol. The molecule has 2 aromatic rings. The Kier molecular flexibility index (Phi) is 3.04. The lowest BCUT2D eigenvalue weighted by Gasteiger charge is -2.14. The summed E-state index contributed by atoms with van der Waals surface area (Å²) in [4.78, 5) is 3.29. The maximum atomic E-state index is 3.29. The molecule has 3 heteroatoms. The highest BCUT2D eigenvalue weighted by molar-refractivity contribution is 5.83. The Balaban J connectivity index is 2.28. The Morgan fingerprint density at radius 3 is 2.67 bits per heavy atom. The predicted octanol–water partition coefficient (Wildman–Crippen LogP) is 1.48. The van der Waals surface area contributed by atoms with E-state index < -0.39 is 0 Å². The smallest absolute Gasteiger partial charge is 0.0608 e. The van der Waals surface area contributed by atoms with Crippen LogP contribution in [0.25, 0.3) is 10.9 Å². The van der Waals surface area contributed by atoms with Crippen LogP contribution in [0.1, 0.15) is 5.56 Å². The van der Waals surface area contributed by atoms with Gasteiger partial charge in [-0.25, -0.2) is 0 Å². The molecule has 0 atom stereocenters. The van der Waals surface area contributed by atoms with Crippen molar-refractivity contribution in [2.75, 3.05) is 14.1 Å². The second-order valence-electron chi connectivity index (χ2n) is 3.69. The minimum atomic E-state index is 0.323. The van der Waals surface area contributed by atoms with Crippen LogP contribution in [-0.2, 0) is 6.42 Å². The van der Waals surface area contributed by atoms with E-state index in [9.17, 15) is 0 Å². The van der Waals surface area contributed by atoms with Gasteiger partial charge >= 0.3 is 0 Å². The molecule has 0 unspecified atom stereocenters. The van der Waals surface area contributed by atoms with Gasteiger partial charge in [0.2, 0.25) is 0 Å². The van der Waals surface area contributed by atoms with E-state index in [4.69, 9.17) is 0 Å². The molecule has 1 aromatic carbocycles. The first-order valence-corrected chi connectivity index (χ1v) is 5.24. The van der Waals surface area contributed by atoms with E-state index in [1.807, 2.05) is 14.1 Å². The molecule has 0 saturated carbocycles. The Hall–Kier alpha value is -1.32. The van der Waals surface area contributed by atoms with Gasteiger partial charge in [-0.2, -0.15) is 0 Å². The standard InChI is InChI=1S/C12H17N3/c1-13-12(14-2)7-9-8-15-11-6-4-3-5-10(9)11/h3-6,8,12-15H,7H2,1-2H3. The van der Waals surface area contributed by atoms with Crippen molar-refractivity contribution in [2.24, 2.45) is 0 Å². The molecule has 0 spiro atoms. The lowest BCUT2D eigenvalue weighted by Crippen LogP contribution is -2.39. The molecule has 0 aliphatic carbocycles. The number of aromatic amines is 1. The Morgan fingerprint density at radius 2 is 1.93 bits per heavy atom. The van der Waals surface area contributed by atoms with E-state index in [0.717, 1.165) is 6.42 Å². The summed E-state index contributed by atoms with van der Waals surface area (Å²) in [6.45, 7) is 0. The molecule has 3 nitrogen and oxygen atoms in total. The number of para-hydroxylation sites is 1. The zero-order valence-electron chi connectivity index (χ0n) is 9.17. The Morgan fingerprint density at radius 1 is 1.20 bits per heavy atom. The van der Waals surface area contributed by atoms with Crippen molar-refractivity contribution in [2.45, 2.75) is 12.6 Å². The summed E-state index contributed by atoms with van der Waals surface area (Å²) in [5.41, 5.74) is 2.55. The van der Waals surface area contributed by atoms with Crippen LogP contribution in [0.4, 0.5) is 0 Å². The molecule has 2 rings (SSSR count). The average molecular weight is 203 g/mol. The third-order valence-corrected chi connectivity index (χ3v) is 2.80. The summed E-state index contributed by atoms with van der Waals surface area (Å²) < 4.78 is 0. The summed E-state index contributed by atoms with van der Waals surface area (Å²) in [7, 11) is 3.94. The molecule has 0 amide bonds. The number of fused-ring (bicyclic) bond motifs is 1. The monoisotopic (exact) mass is 203 g/mol.